The fourth-order valence-electron chi connectivity index (χ4n) is 2.70. The van der Waals surface area contributed by atoms with Gasteiger partial charge in [0.05, 0.1) is 21.3 Å². The third-order valence-electron chi connectivity index (χ3n) is 4.08. The van der Waals surface area contributed by atoms with Gasteiger partial charge in [0.25, 0.3) is 0 Å². The number of unbranched alkanes of at least 4 members (excludes halogenated alkanes) is 8. The maximum Gasteiger partial charge on any atom is 0.336 e. The number of carboxylic acids is 2. The van der Waals surface area contributed by atoms with Crippen molar-refractivity contribution >= 4 is 22.7 Å². The molecule has 0 aliphatic carbocycles. The molecule has 1 aromatic rings. The van der Waals surface area contributed by atoms with Crippen LogP contribution in [0, 0.1) is 0 Å². The summed E-state index contributed by atoms with van der Waals surface area (Å²) in [5.74, 6) is -1.25. The van der Waals surface area contributed by atoms with Crippen molar-refractivity contribution in [1.29, 1.82) is 0 Å². The van der Waals surface area contributed by atoms with Crippen LogP contribution in [-0.4, -0.2) is 32.1 Å². The van der Waals surface area contributed by atoms with Crippen LogP contribution in [0.15, 0.2) is 29.2 Å². The predicted octanol–water partition coefficient (Wildman–Crippen LogP) is 4.48. The highest BCUT2D eigenvalue weighted by Crippen LogP contribution is 2.16. The number of carboxylic acid groups (broad SMARTS) is 2. The van der Waals surface area contributed by atoms with Crippen molar-refractivity contribution < 1.29 is 24.0 Å². The third-order valence-corrected chi connectivity index (χ3v) is 5.59. The average molecular weight is 368 g/mol. The monoisotopic (exact) mass is 368 g/mol. The molecule has 1 unspecified atom stereocenters. The van der Waals surface area contributed by atoms with E-state index in [4.69, 9.17) is 10.2 Å². The minimum Gasteiger partial charge on any atom is -0.481 e. The second-order valence-corrected chi connectivity index (χ2v) is 7.72. The summed E-state index contributed by atoms with van der Waals surface area (Å²) in [4.78, 5) is 21.9. The molecule has 0 bridgehead atoms. The lowest BCUT2D eigenvalue weighted by atomic mass is 10.1. The molecule has 140 valence electrons. The van der Waals surface area contributed by atoms with Crippen LogP contribution in [0.5, 0.6) is 0 Å². The maximum atomic E-state index is 12.3. The van der Waals surface area contributed by atoms with E-state index in [0.29, 0.717) is 10.6 Å². The Bertz CT molecular complexity index is 571. The second kappa shape index (κ2) is 12.6. The highest BCUT2D eigenvalue weighted by Gasteiger charge is 2.13. The molecule has 0 aromatic heterocycles. The fourth-order valence-corrected chi connectivity index (χ4v) is 4.02. The minimum absolute atomic E-state index is 0.128. The quantitative estimate of drug-likeness (QED) is 0.472. The van der Waals surface area contributed by atoms with Crippen molar-refractivity contribution in [2.45, 2.75) is 69.1 Å². The SMILES string of the molecule is O=C(O)CCCCCCCCCCCS(=O)c1ccccc1C(=O)O. The molecular weight excluding hydrogens is 340 g/mol. The average Bonchev–Trinajstić information content (AvgIpc) is 2.59. The second-order valence-electron chi connectivity index (χ2n) is 6.18. The van der Waals surface area contributed by atoms with Crippen molar-refractivity contribution in [3.63, 3.8) is 0 Å². The van der Waals surface area contributed by atoms with Gasteiger partial charge in [-0.1, -0.05) is 57.1 Å². The third kappa shape index (κ3) is 9.39. The molecule has 0 aliphatic heterocycles. The van der Waals surface area contributed by atoms with Crippen molar-refractivity contribution in [1.82, 2.24) is 0 Å². The minimum atomic E-state index is -1.26. The molecule has 0 aliphatic rings. The summed E-state index contributed by atoms with van der Waals surface area (Å²) < 4.78 is 12.3. The van der Waals surface area contributed by atoms with Gasteiger partial charge in [0, 0.05) is 12.2 Å². The summed E-state index contributed by atoms with van der Waals surface area (Å²) >= 11 is 0. The molecule has 5 nitrogen and oxygen atoms in total. The molecule has 0 radical (unpaired) electrons. The molecule has 0 amide bonds. The smallest absolute Gasteiger partial charge is 0.336 e. The number of hydrogen-bond acceptors (Lipinski definition) is 3. The first-order chi connectivity index (χ1) is 12.0. The van der Waals surface area contributed by atoms with E-state index in [2.05, 4.69) is 0 Å². The van der Waals surface area contributed by atoms with Gasteiger partial charge in [0.1, 0.15) is 0 Å². The summed E-state index contributed by atoms with van der Waals surface area (Å²) in [7, 11) is -1.26. The van der Waals surface area contributed by atoms with E-state index in [1.165, 1.54) is 6.07 Å². The lowest BCUT2D eigenvalue weighted by molar-refractivity contribution is -0.137. The van der Waals surface area contributed by atoms with Gasteiger partial charge in [-0.25, -0.2) is 4.79 Å². The zero-order valence-electron chi connectivity index (χ0n) is 14.6. The van der Waals surface area contributed by atoms with Crippen LogP contribution in [0.25, 0.3) is 0 Å². The number of aromatic carboxylic acids is 1. The summed E-state index contributed by atoms with van der Waals surface area (Å²) in [6, 6.07) is 6.48. The van der Waals surface area contributed by atoms with Gasteiger partial charge < -0.3 is 10.2 Å². The zero-order valence-corrected chi connectivity index (χ0v) is 15.4. The van der Waals surface area contributed by atoms with Crippen molar-refractivity contribution in [2.75, 3.05) is 5.75 Å². The Hall–Kier alpha value is -1.69. The first kappa shape index (κ1) is 21.4. The van der Waals surface area contributed by atoms with E-state index >= 15 is 0 Å². The molecule has 0 spiro atoms. The molecular formula is C19H28O5S. The Labute approximate surface area is 151 Å². The highest BCUT2D eigenvalue weighted by molar-refractivity contribution is 7.85. The molecule has 0 heterocycles. The van der Waals surface area contributed by atoms with E-state index in [9.17, 15) is 13.8 Å². The first-order valence-corrected chi connectivity index (χ1v) is 10.3. The van der Waals surface area contributed by atoms with Crippen LogP contribution >= 0.6 is 0 Å². The van der Waals surface area contributed by atoms with Crippen molar-refractivity contribution in [2.24, 2.45) is 0 Å². The fraction of sp³-hybridized carbons (Fsp3) is 0.579. The molecule has 2 N–H and O–H groups in total. The Morgan fingerprint density at radius 2 is 1.32 bits per heavy atom. The van der Waals surface area contributed by atoms with E-state index in [0.717, 1.165) is 57.8 Å². The Balaban J connectivity index is 2.07. The van der Waals surface area contributed by atoms with E-state index < -0.39 is 22.7 Å². The molecule has 0 fully saturated rings. The predicted molar refractivity (Wildman–Crippen MR) is 98.5 cm³/mol. The molecule has 1 rings (SSSR count). The highest BCUT2D eigenvalue weighted by atomic mass is 32.2. The molecule has 25 heavy (non-hydrogen) atoms. The van der Waals surface area contributed by atoms with Crippen LogP contribution in [0.4, 0.5) is 0 Å². The normalized spacial score (nSPS) is 12.0. The lowest BCUT2D eigenvalue weighted by Crippen LogP contribution is -2.06. The van der Waals surface area contributed by atoms with Gasteiger partial charge in [-0.3, -0.25) is 9.00 Å². The van der Waals surface area contributed by atoms with Gasteiger partial charge in [0.15, 0.2) is 0 Å². The van der Waals surface area contributed by atoms with Crippen LogP contribution in [-0.2, 0) is 15.6 Å². The number of rotatable bonds is 14. The molecule has 1 atom stereocenters. The Morgan fingerprint density at radius 3 is 1.88 bits per heavy atom. The van der Waals surface area contributed by atoms with Crippen molar-refractivity contribution in [3.8, 4) is 0 Å². The summed E-state index contributed by atoms with van der Waals surface area (Å²) in [5.41, 5.74) is 0.128. The number of benzene rings is 1. The molecule has 0 saturated carbocycles. The van der Waals surface area contributed by atoms with Gasteiger partial charge in [-0.2, -0.15) is 0 Å². The number of carbonyl (C=O) groups is 2. The summed E-state index contributed by atoms with van der Waals surface area (Å²) in [6.07, 6.45) is 9.44. The van der Waals surface area contributed by atoms with Crippen LogP contribution in [0.1, 0.15) is 74.6 Å². The standard InChI is InChI=1S/C19H28O5S/c20-18(21)14-8-6-4-2-1-3-5-7-11-15-25(24)17-13-10-9-12-16(17)19(22)23/h9-10,12-13H,1-8,11,14-15H2,(H,20,21)(H,22,23). The topological polar surface area (TPSA) is 91.7 Å². The van der Waals surface area contributed by atoms with Crippen LogP contribution < -0.4 is 0 Å². The Morgan fingerprint density at radius 1 is 0.800 bits per heavy atom. The summed E-state index contributed by atoms with van der Waals surface area (Å²) in [6.45, 7) is 0. The number of aliphatic carboxylic acids is 1. The van der Waals surface area contributed by atoms with Gasteiger partial charge in [0.2, 0.25) is 0 Å². The molecule has 1 aromatic carbocycles. The van der Waals surface area contributed by atoms with E-state index in [1.54, 1.807) is 18.2 Å². The lowest BCUT2D eigenvalue weighted by Gasteiger charge is -2.06. The van der Waals surface area contributed by atoms with Crippen LogP contribution in [0.2, 0.25) is 0 Å². The van der Waals surface area contributed by atoms with E-state index in [1.807, 2.05) is 0 Å². The first-order valence-electron chi connectivity index (χ1n) is 8.95. The van der Waals surface area contributed by atoms with Gasteiger partial charge >= 0.3 is 11.9 Å². The van der Waals surface area contributed by atoms with Crippen molar-refractivity contribution in [3.05, 3.63) is 29.8 Å². The van der Waals surface area contributed by atoms with E-state index in [-0.39, 0.29) is 12.0 Å². The van der Waals surface area contributed by atoms with Gasteiger partial charge in [-0.05, 0) is 25.0 Å². The molecule has 6 heteroatoms. The summed E-state index contributed by atoms with van der Waals surface area (Å²) in [5, 5.41) is 17.7. The largest absolute Gasteiger partial charge is 0.481 e. The maximum absolute atomic E-state index is 12.3. The zero-order chi connectivity index (χ0) is 18.5. The van der Waals surface area contributed by atoms with Gasteiger partial charge in [-0.15, -0.1) is 0 Å². The Kier molecular flexibility index (Phi) is 10.8. The number of hydrogen-bond donors (Lipinski definition) is 2. The van der Waals surface area contributed by atoms with Crippen LogP contribution in [0.3, 0.4) is 0 Å². The molecule has 0 saturated heterocycles.